The zero-order valence-corrected chi connectivity index (χ0v) is 21.3. The van der Waals surface area contributed by atoms with Crippen molar-refractivity contribution in [2.24, 2.45) is 35.5 Å². The molecule has 194 valence electrons. The molecule has 5 aliphatic rings. The topological polar surface area (TPSA) is 56.8 Å². The monoisotopic (exact) mass is 508 g/mol. The first kappa shape index (κ1) is 24.4. The number of piperazine rings is 1. The molecule has 2 aliphatic heterocycles. The number of likely N-dealkylation sites (tertiary alicyclic amines) is 1. The summed E-state index contributed by atoms with van der Waals surface area (Å²) in [6, 6.07) is 8.54. The molecule has 2 bridgehead atoms. The van der Waals surface area contributed by atoms with Crippen LogP contribution in [0.15, 0.2) is 24.3 Å². The van der Waals surface area contributed by atoms with E-state index in [1.165, 1.54) is 29.3 Å². The average molecular weight is 509 g/mol. The molecule has 0 unspecified atom stereocenters. The fourth-order valence-corrected chi connectivity index (χ4v) is 9.02. The van der Waals surface area contributed by atoms with E-state index in [4.69, 9.17) is 4.37 Å². The molecule has 36 heavy (non-hydrogen) atoms. The summed E-state index contributed by atoms with van der Waals surface area (Å²) in [6.07, 6.45) is 8.35. The van der Waals surface area contributed by atoms with Gasteiger partial charge in [-0.3, -0.25) is 19.4 Å². The average Bonchev–Trinajstić information content (AvgIpc) is 3.66. The Morgan fingerprint density at radius 2 is 1.47 bits per heavy atom. The number of fused-ring (bicyclic) bond motifs is 6. The molecule has 7 heteroatoms. The predicted molar refractivity (Wildman–Crippen MR) is 145 cm³/mol. The van der Waals surface area contributed by atoms with Gasteiger partial charge in [0.1, 0.15) is 5.82 Å². The molecule has 3 saturated carbocycles. The van der Waals surface area contributed by atoms with Crippen molar-refractivity contribution in [3.63, 3.8) is 0 Å². The van der Waals surface area contributed by atoms with Gasteiger partial charge in [-0.05, 0) is 79.4 Å². The second-order valence-electron chi connectivity index (χ2n) is 11.8. The molecule has 2 amide bonds. The number of benzene rings is 1. The van der Waals surface area contributed by atoms with Gasteiger partial charge in [-0.15, -0.1) is 0 Å². The Bertz CT molecular complexity index is 1100. The normalized spacial score (nSPS) is 34.4. The highest BCUT2D eigenvalue weighted by Gasteiger charge is 2.61. The van der Waals surface area contributed by atoms with Gasteiger partial charge in [-0.2, -0.15) is 4.37 Å². The summed E-state index contributed by atoms with van der Waals surface area (Å²) in [4.78, 5) is 33.4. The number of nitrogens with zero attached hydrogens (tertiary/aromatic N) is 4. The van der Waals surface area contributed by atoms with Gasteiger partial charge in [0.15, 0.2) is 0 Å². The van der Waals surface area contributed by atoms with Crippen LogP contribution in [0.4, 0.5) is 5.82 Å². The molecule has 7 rings (SSSR count). The van der Waals surface area contributed by atoms with Gasteiger partial charge < -0.3 is 4.90 Å². The first-order valence-electron chi connectivity index (χ1n) is 13.8. The first-order chi connectivity index (χ1) is 17.2. The molecule has 3 heterocycles. The van der Waals surface area contributed by atoms with Crippen LogP contribution in [-0.4, -0.2) is 65.3 Å². The third-order valence-electron chi connectivity index (χ3n) is 10.0. The fourth-order valence-electron chi connectivity index (χ4n) is 8.22. The van der Waals surface area contributed by atoms with Crippen LogP contribution in [0.2, 0.25) is 0 Å². The molecule has 0 radical (unpaired) electrons. The molecule has 6 nitrogen and oxygen atoms in total. The van der Waals surface area contributed by atoms with Crippen molar-refractivity contribution >= 4 is 39.3 Å². The summed E-state index contributed by atoms with van der Waals surface area (Å²) >= 11 is 1.60. The highest BCUT2D eigenvalue weighted by molar-refractivity contribution is 7.13. The summed E-state index contributed by atoms with van der Waals surface area (Å²) in [6.45, 7) is 5.93. The summed E-state index contributed by atoms with van der Waals surface area (Å²) in [5.74, 6) is 3.59. The maximum atomic E-state index is 13.3. The number of aromatic nitrogens is 1. The number of anilines is 1. The molecule has 3 aliphatic carbocycles. The van der Waals surface area contributed by atoms with Crippen LogP contribution in [0.3, 0.4) is 0 Å². The summed E-state index contributed by atoms with van der Waals surface area (Å²) in [5.41, 5.74) is 0. The largest absolute Gasteiger partial charge is 0.353 e. The molecule has 1 aromatic heterocycles. The quantitative estimate of drug-likeness (QED) is 0.538. The van der Waals surface area contributed by atoms with Gasteiger partial charge in [0.2, 0.25) is 11.8 Å². The SMILES string of the molecule is C.O=C1[C@@H]2[C@@H]3CC[C@@H](C3)[C@@H]2C(=O)N1C[C@@H]1CCCC[C@H]1CN1CCN(c2nsc3ccccc23)CC1. The summed E-state index contributed by atoms with van der Waals surface area (Å²) in [7, 11) is 0. The van der Waals surface area contributed by atoms with E-state index < -0.39 is 0 Å². The minimum absolute atomic E-state index is 0. The van der Waals surface area contributed by atoms with E-state index in [0.29, 0.717) is 30.2 Å². The maximum absolute atomic E-state index is 13.3. The molecule has 0 N–H and O–H groups in total. The second kappa shape index (κ2) is 9.71. The van der Waals surface area contributed by atoms with Gasteiger partial charge in [-0.1, -0.05) is 32.4 Å². The van der Waals surface area contributed by atoms with E-state index in [1.807, 2.05) is 0 Å². The number of hydrogen-bond acceptors (Lipinski definition) is 6. The number of rotatable bonds is 5. The van der Waals surface area contributed by atoms with E-state index in [9.17, 15) is 9.59 Å². The molecule has 0 spiro atoms. The van der Waals surface area contributed by atoms with Gasteiger partial charge in [-0.25, -0.2) is 0 Å². The van der Waals surface area contributed by atoms with Crippen LogP contribution in [0.5, 0.6) is 0 Å². The predicted octanol–water partition coefficient (Wildman–Crippen LogP) is 4.89. The maximum Gasteiger partial charge on any atom is 0.233 e. The lowest BCUT2D eigenvalue weighted by molar-refractivity contribution is -0.142. The Balaban J connectivity index is 0.00000240. The van der Waals surface area contributed by atoms with Crippen molar-refractivity contribution in [2.75, 3.05) is 44.2 Å². The van der Waals surface area contributed by atoms with Crippen LogP contribution < -0.4 is 4.90 Å². The van der Waals surface area contributed by atoms with Gasteiger partial charge in [0.05, 0.1) is 16.5 Å². The summed E-state index contributed by atoms with van der Waals surface area (Å²) < 4.78 is 6.02. The standard InChI is InChI=1S/C28H36N4O2S.CH4/c33-27-24-18-9-10-19(15-18)25(24)28(34)32(27)17-21-6-2-1-5-20(21)16-30-11-13-31(14-12-30)26-22-7-3-4-8-23(22)35-29-26;/h3-4,7-8,18-21,24-25H,1-2,5-6,9-17H2;1H4/t18-,19+,20-,21-,24-,25+;/m0./s1. The third-order valence-corrected chi connectivity index (χ3v) is 10.8. The molecule has 1 aromatic carbocycles. The Morgan fingerprint density at radius 3 is 2.17 bits per heavy atom. The van der Waals surface area contributed by atoms with Crippen molar-refractivity contribution < 1.29 is 9.59 Å². The molecule has 2 aromatic rings. The van der Waals surface area contributed by atoms with Crippen molar-refractivity contribution in [1.82, 2.24) is 14.2 Å². The second-order valence-corrected chi connectivity index (χ2v) is 12.6. The van der Waals surface area contributed by atoms with Crippen molar-refractivity contribution in [1.29, 1.82) is 0 Å². The number of amides is 2. The minimum atomic E-state index is 0. The van der Waals surface area contributed by atoms with Crippen molar-refractivity contribution in [3.05, 3.63) is 24.3 Å². The first-order valence-corrected chi connectivity index (χ1v) is 14.6. The number of carbonyl (C=O) groups excluding carboxylic acids is 2. The van der Waals surface area contributed by atoms with E-state index in [0.717, 1.165) is 64.2 Å². The zero-order valence-electron chi connectivity index (χ0n) is 20.5. The van der Waals surface area contributed by atoms with Crippen LogP contribution >= 0.6 is 11.5 Å². The Kier molecular flexibility index (Phi) is 6.57. The third kappa shape index (κ3) is 3.97. The molecular formula is C29H40N4O2S. The van der Waals surface area contributed by atoms with Crippen LogP contribution in [0.25, 0.3) is 10.1 Å². The molecule has 2 saturated heterocycles. The van der Waals surface area contributed by atoms with Crippen LogP contribution in [0.1, 0.15) is 52.4 Å². The van der Waals surface area contributed by atoms with E-state index >= 15 is 0 Å². The lowest BCUT2D eigenvalue weighted by atomic mass is 9.78. The lowest BCUT2D eigenvalue weighted by Gasteiger charge is -2.40. The van der Waals surface area contributed by atoms with Crippen LogP contribution in [-0.2, 0) is 9.59 Å². The van der Waals surface area contributed by atoms with E-state index in [1.54, 1.807) is 16.4 Å². The summed E-state index contributed by atoms with van der Waals surface area (Å²) in [5, 5.41) is 1.27. The number of imide groups is 1. The van der Waals surface area contributed by atoms with E-state index in [2.05, 4.69) is 34.1 Å². The molecule has 6 atom stereocenters. The van der Waals surface area contributed by atoms with E-state index in [-0.39, 0.29) is 31.1 Å². The number of hydrogen-bond donors (Lipinski definition) is 0. The molecular weight excluding hydrogens is 468 g/mol. The Hall–Kier alpha value is -1.99. The highest BCUT2D eigenvalue weighted by Crippen LogP contribution is 2.56. The van der Waals surface area contributed by atoms with Crippen molar-refractivity contribution in [3.8, 4) is 0 Å². The van der Waals surface area contributed by atoms with Gasteiger partial charge in [0, 0.05) is 44.7 Å². The minimum Gasteiger partial charge on any atom is -0.353 e. The number of carbonyl (C=O) groups is 2. The van der Waals surface area contributed by atoms with Crippen LogP contribution in [0, 0.1) is 35.5 Å². The lowest BCUT2D eigenvalue weighted by Crippen LogP contribution is -2.49. The Labute approximate surface area is 219 Å². The Morgan fingerprint density at radius 1 is 0.833 bits per heavy atom. The van der Waals surface area contributed by atoms with Gasteiger partial charge >= 0.3 is 0 Å². The smallest absolute Gasteiger partial charge is 0.233 e. The van der Waals surface area contributed by atoms with Gasteiger partial charge in [0.25, 0.3) is 0 Å². The fraction of sp³-hybridized carbons (Fsp3) is 0.690. The zero-order chi connectivity index (χ0) is 23.5. The highest BCUT2D eigenvalue weighted by atomic mass is 32.1. The van der Waals surface area contributed by atoms with Crippen molar-refractivity contribution in [2.45, 2.75) is 52.4 Å². The molecule has 5 fully saturated rings.